The van der Waals surface area contributed by atoms with Crippen LogP contribution in [0.15, 0.2) is 18.2 Å². The summed E-state index contributed by atoms with van der Waals surface area (Å²) in [6.07, 6.45) is 1.95. The van der Waals surface area contributed by atoms with Crippen LogP contribution in [-0.4, -0.2) is 54.6 Å². The fourth-order valence-electron chi connectivity index (χ4n) is 3.43. The summed E-state index contributed by atoms with van der Waals surface area (Å²) in [4.78, 5) is 38.3. The van der Waals surface area contributed by atoms with E-state index in [2.05, 4.69) is 24.5 Å². The second-order valence-electron chi connectivity index (χ2n) is 8.33. The highest BCUT2D eigenvalue weighted by molar-refractivity contribution is 6.08. The Kier molecular flexibility index (Phi) is 8.71. The van der Waals surface area contributed by atoms with Crippen molar-refractivity contribution in [3.05, 3.63) is 23.8 Å². The lowest BCUT2D eigenvalue weighted by molar-refractivity contribution is -0.134. The zero-order valence-corrected chi connectivity index (χ0v) is 19.2. The summed E-state index contributed by atoms with van der Waals surface area (Å²) in [6.45, 7) is 10.9. The highest BCUT2D eigenvalue weighted by Gasteiger charge is 2.47. The van der Waals surface area contributed by atoms with E-state index in [9.17, 15) is 14.4 Å². The number of hydrogen-bond donors (Lipinski definition) is 2. The van der Waals surface area contributed by atoms with Crippen LogP contribution in [0, 0.1) is 5.92 Å². The van der Waals surface area contributed by atoms with Crippen LogP contribution in [0.5, 0.6) is 11.5 Å². The topological polar surface area (TPSA) is 97.0 Å². The summed E-state index contributed by atoms with van der Waals surface area (Å²) in [5.74, 6) is 1.07. The van der Waals surface area contributed by atoms with Crippen molar-refractivity contribution >= 4 is 17.8 Å². The minimum Gasteiger partial charge on any atom is -0.490 e. The first-order valence-corrected chi connectivity index (χ1v) is 11.0. The number of imide groups is 1. The van der Waals surface area contributed by atoms with E-state index in [1.54, 1.807) is 6.92 Å². The Morgan fingerprint density at radius 2 is 1.84 bits per heavy atom. The van der Waals surface area contributed by atoms with Gasteiger partial charge in [0.25, 0.3) is 5.91 Å². The summed E-state index contributed by atoms with van der Waals surface area (Å²) in [6, 6.07) is 5.17. The molecule has 1 aromatic carbocycles. The van der Waals surface area contributed by atoms with Crippen molar-refractivity contribution in [2.24, 2.45) is 5.92 Å². The van der Waals surface area contributed by atoms with Gasteiger partial charge in [-0.25, -0.2) is 4.79 Å². The number of ether oxygens (including phenoxy) is 2. The maximum Gasteiger partial charge on any atom is 0.325 e. The largest absolute Gasteiger partial charge is 0.490 e. The molecule has 1 aromatic rings. The Balaban J connectivity index is 1.87. The van der Waals surface area contributed by atoms with Gasteiger partial charge in [0, 0.05) is 6.54 Å². The smallest absolute Gasteiger partial charge is 0.325 e. The SMILES string of the molecule is CCOc1ccc(CCNC(=O)CN2C(=O)NC(C)(CCC(C)C)C2=O)cc1OCC. The van der Waals surface area contributed by atoms with Crippen LogP contribution in [0.3, 0.4) is 0 Å². The molecule has 1 heterocycles. The Hall–Kier alpha value is -2.77. The lowest BCUT2D eigenvalue weighted by Gasteiger charge is -2.22. The molecule has 1 aliphatic heterocycles. The van der Waals surface area contributed by atoms with Crippen molar-refractivity contribution in [2.45, 2.75) is 59.4 Å². The maximum atomic E-state index is 12.7. The molecule has 8 heteroatoms. The van der Waals surface area contributed by atoms with E-state index >= 15 is 0 Å². The van der Waals surface area contributed by atoms with E-state index in [1.807, 2.05) is 32.0 Å². The molecule has 1 saturated heterocycles. The van der Waals surface area contributed by atoms with Crippen LogP contribution in [0.1, 0.15) is 53.0 Å². The van der Waals surface area contributed by atoms with Gasteiger partial charge in [0.05, 0.1) is 13.2 Å². The minimum atomic E-state index is -0.945. The maximum absolute atomic E-state index is 12.7. The molecule has 2 rings (SSSR count). The van der Waals surface area contributed by atoms with Crippen molar-refractivity contribution in [1.29, 1.82) is 0 Å². The molecular formula is C23H35N3O5. The molecule has 0 aliphatic carbocycles. The van der Waals surface area contributed by atoms with Gasteiger partial charge in [0.15, 0.2) is 11.5 Å². The van der Waals surface area contributed by atoms with Crippen molar-refractivity contribution < 1.29 is 23.9 Å². The molecule has 0 radical (unpaired) electrons. The number of carbonyl (C=O) groups is 3. The van der Waals surface area contributed by atoms with Gasteiger partial charge in [-0.15, -0.1) is 0 Å². The molecule has 0 aromatic heterocycles. The number of carbonyl (C=O) groups excluding carboxylic acids is 3. The normalized spacial score (nSPS) is 18.3. The van der Waals surface area contributed by atoms with E-state index in [0.29, 0.717) is 50.0 Å². The van der Waals surface area contributed by atoms with E-state index in [-0.39, 0.29) is 18.4 Å². The standard InChI is InChI=1S/C23H35N3O5/c1-6-30-18-9-8-17(14-19(18)31-7-2)11-13-24-20(27)15-26-21(28)23(5,25-22(26)29)12-10-16(3)4/h8-9,14,16H,6-7,10-13,15H2,1-5H3,(H,24,27)(H,25,29). The zero-order chi connectivity index (χ0) is 23.0. The number of amides is 4. The number of benzene rings is 1. The van der Waals surface area contributed by atoms with E-state index in [0.717, 1.165) is 16.9 Å². The fraction of sp³-hybridized carbons (Fsp3) is 0.609. The van der Waals surface area contributed by atoms with E-state index in [4.69, 9.17) is 9.47 Å². The lowest BCUT2D eigenvalue weighted by Crippen LogP contribution is -2.45. The molecule has 172 valence electrons. The van der Waals surface area contributed by atoms with Crippen molar-refractivity contribution in [3.63, 3.8) is 0 Å². The number of nitrogens with zero attached hydrogens (tertiary/aromatic N) is 1. The Bertz CT molecular complexity index is 795. The summed E-state index contributed by atoms with van der Waals surface area (Å²) in [5, 5.41) is 5.52. The number of hydrogen-bond acceptors (Lipinski definition) is 5. The second kappa shape index (κ2) is 11.0. The first-order valence-electron chi connectivity index (χ1n) is 11.0. The van der Waals surface area contributed by atoms with Crippen LogP contribution < -0.4 is 20.1 Å². The highest BCUT2D eigenvalue weighted by Crippen LogP contribution is 2.28. The summed E-state index contributed by atoms with van der Waals surface area (Å²) < 4.78 is 11.2. The van der Waals surface area contributed by atoms with Crippen LogP contribution in [0.4, 0.5) is 4.79 Å². The Morgan fingerprint density at radius 3 is 2.48 bits per heavy atom. The predicted molar refractivity (Wildman–Crippen MR) is 118 cm³/mol. The third kappa shape index (κ3) is 6.60. The summed E-state index contributed by atoms with van der Waals surface area (Å²) in [5.41, 5.74) is 0.0445. The number of nitrogens with one attached hydrogen (secondary N) is 2. The molecular weight excluding hydrogens is 398 g/mol. The summed E-state index contributed by atoms with van der Waals surface area (Å²) in [7, 11) is 0. The average Bonchev–Trinajstić information content (AvgIpc) is 2.92. The highest BCUT2D eigenvalue weighted by atomic mass is 16.5. The molecule has 0 spiro atoms. The van der Waals surface area contributed by atoms with Crippen LogP contribution in [0.25, 0.3) is 0 Å². The molecule has 4 amide bonds. The first-order chi connectivity index (χ1) is 14.7. The monoisotopic (exact) mass is 433 g/mol. The van der Waals surface area contributed by atoms with E-state index < -0.39 is 11.6 Å². The van der Waals surface area contributed by atoms with Gasteiger partial charge in [-0.3, -0.25) is 14.5 Å². The average molecular weight is 434 g/mol. The van der Waals surface area contributed by atoms with Gasteiger partial charge in [-0.1, -0.05) is 19.9 Å². The Labute approximate surface area is 184 Å². The van der Waals surface area contributed by atoms with Gasteiger partial charge < -0.3 is 20.1 Å². The van der Waals surface area contributed by atoms with Gasteiger partial charge >= 0.3 is 6.03 Å². The molecule has 2 N–H and O–H groups in total. The van der Waals surface area contributed by atoms with Crippen molar-refractivity contribution in [2.75, 3.05) is 26.3 Å². The zero-order valence-electron chi connectivity index (χ0n) is 19.2. The van der Waals surface area contributed by atoms with Gasteiger partial charge in [-0.05, 0) is 63.6 Å². The number of urea groups is 1. The fourth-order valence-corrected chi connectivity index (χ4v) is 3.43. The van der Waals surface area contributed by atoms with Crippen molar-refractivity contribution in [1.82, 2.24) is 15.5 Å². The second-order valence-corrected chi connectivity index (χ2v) is 8.33. The third-order valence-corrected chi connectivity index (χ3v) is 5.21. The predicted octanol–water partition coefficient (Wildman–Crippen LogP) is 2.89. The third-order valence-electron chi connectivity index (χ3n) is 5.21. The molecule has 1 aliphatic rings. The molecule has 1 unspecified atom stereocenters. The molecule has 1 atom stereocenters. The molecule has 1 fully saturated rings. The molecule has 31 heavy (non-hydrogen) atoms. The molecule has 8 nitrogen and oxygen atoms in total. The Morgan fingerprint density at radius 1 is 1.16 bits per heavy atom. The van der Waals surface area contributed by atoms with Crippen LogP contribution in [-0.2, 0) is 16.0 Å². The number of rotatable bonds is 12. The lowest BCUT2D eigenvalue weighted by atomic mass is 9.92. The minimum absolute atomic E-state index is 0.282. The van der Waals surface area contributed by atoms with Gasteiger partial charge in [-0.2, -0.15) is 0 Å². The van der Waals surface area contributed by atoms with Gasteiger partial charge in [0.2, 0.25) is 5.91 Å². The molecule has 0 bridgehead atoms. The quantitative estimate of drug-likeness (QED) is 0.494. The van der Waals surface area contributed by atoms with Gasteiger partial charge in [0.1, 0.15) is 12.1 Å². The van der Waals surface area contributed by atoms with Crippen LogP contribution >= 0.6 is 0 Å². The van der Waals surface area contributed by atoms with Crippen LogP contribution in [0.2, 0.25) is 0 Å². The first kappa shape index (κ1) is 24.5. The van der Waals surface area contributed by atoms with Crippen molar-refractivity contribution in [3.8, 4) is 11.5 Å². The van der Waals surface area contributed by atoms with E-state index in [1.165, 1.54) is 0 Å². The molecule has 0 saturated carbocycles. The summed E-state index contributed by atoms with van der Waals surface area (Å²) >= 11 is 0.